The van der Waals surface area contributed by atoms with E-state index in [0.717, 1.165) is 9.87 Å². The number of hydrogen-bond acceptors (Lipinski definition) is 5. The number of methoxy groups -OCH3 is 1. The molecule has 0 aromatic heterocycles. The van der Waals surface area contributed by atoms with Crippen LogP contribution in [0.15, 0.2) is 88.2 Å². The summed E-state index contributed by atoms with van der Waals surface area (Å²) in [5.74, 6) is -0.258. The van der Waals surface area contributed by atoms with Crippen molar-refractivity contribution < 1.29 is 22.7 Å². The molecule has 1 atom stereocenters. The number of sulfonamides is 1. The molecule has 3 rings (SSSR count). The molecule has 0 heterocycles. The quantitative estimate of drug-likeness (QED) is 0.347. The van der Waals surface area contributed by atoms with Crippen LogP contribution >= 0.6 is 15.9 Å². The molecule has 0 fully saturated rings. The second-order valence-corrected chi connectivity index (χ2v) is 11.8. The SMILES string of the molecule is COc1cccc(CN(C(=O)CN(c2cccc(Br)c2)S(=O)(=O)c2ccccc2)C(C)C(=O)NC(C)C)c1. The topological polar surface area (TPSA) is 96.0 Å². The molecule has 0 aliphatic rings. The van der Waals surface area contributed by atoms with Crippen LogP contribution in [0.5, 0.6) is 5.75 Å². The van der Waals surface area contributed by atoms with Crippen LogP contribution in [-0.2, 0) is 26.2 Å². The number of carbonyl (C=O) groups excluding carboxylic acids is 2. The number of anilines is 1. The van der Waals surface area contributed by atoms with E-state index in [9.17, 15) is 18.0 Å². The third-order valence-corrected chi connectivity index (χ3v) is 8.07. The number of hydrogen-bond donors (Lipinski definition) is 1. The van der Waals surface area contributed by atoms with Crippen LogP contribution in [-0.4, -0.2) is 50.9 Å². The maximum Gasteiger partial charge on any atom is 0.264 e. The van der Waals surface area contributed by atoms with Crippen molar-refractivity contribution in [1.29, 1.82) is 0 Å². The van der Waals surface area contributed by atoms with E-state index < -0.39 is 28.5 Å². The molecule has 1 N–H and O–H groups in total. The highest BCUT2D eigenvalue weighted by molar-refractivity contribution is 9.10. The summed E-state index contributed by atoms with van der Waals surface area (Å²) in [5, 5.41) is 2.84. The average molecular weight is 603 g/mol. The van der Waals surface area contributed by atoms with E-state index in [4.69, 9.17) is 4.74 Å². The van der Waals surface area contributed by atoms with Crippen molar-refractivity contribution in [3.8, 4) is 5.75 Å². The Balaban J connectivity index is 2.03. The predicted octanol–water partition coefficient (Wildman–Crippen LogP) is 4.59. The molecule has 0 aliphatic heterocycles. The van der Waals surface area contributed by atoms with Crippen molar-refractivity contribution >= 4 is 43.5 Å². The maximum atomic E-state index is 13.9. The predicted molar refractivity (Wildman–Crippen MR) is 151 cm³/mol. The fourth-order valence-electron chi connectivity index (χ4n) is 3.83. The largest absolute Gasteiger partial charge is 0.497 e. The van der Waals surface area contributed by atoms with Gasteiger partial charge in [0.05, 0.1) is 17.7 Å². The lowest BCUT2D eigenvalue weighted by Crippen LogP contribution is -2.52. The van der Waals surface area contributed by atoms with Crippen molar-refractivity contribution in [2.24, 2.45) is 0 Å². The summed E-state index contributed by atoms with van der Waals surface area (Å²) in [4.78, 5) is 28.3. The van der Waals surface area contributed by atoms with E-state index >= 15 is 0 Å². The summed E-state index contributed by atoms with van der Waals surface area (Å²) in [7, 11) is -2.56. The van der Waals surface area contributed by atoms with Gasteiger partial charge in [-0.3, -0.25) is 13.9 Å². The summed E-state index contributed by atoms with van der Waals surface area (Å²) >= 11 is 3.39. The molecular weight excluding hydrogens is 570 g/mol. The number of carbonyl (C=O) groups is 2. The first-order valence-electron chi connectivity index (χ1n) is 12.1. The van der Waals surface area contributed by atoms with E-state index in [0.29, 0.717) is 15.9 Å². The Morgan fingerprint density at radius 1 is 0.947 bits per heavy atom. The standard InChI is InChI=1S/C28H32BrN3O5S/c1-20(2)30-28(34)21(3)31(18-22-10-8-13-25(16-22)37-4)27(33)19-32(24-12-9-11-23(29)17-24)38(35,36)26-14-6-5-7-15-26/h5-17,20-21H,18-19H2,1-4H3,(H,30,34). The van der Waals surface area contributed by atoms with E-state index in [-0.39, 0.29) is 23.4 Å². The molecule has 2 amide bonds. The Morgan fingerprint density at radius 2 is 1.63 bits per heavy atom. The normalized spacial score (nSPS) is 12.1. The van der Waals surface area contributed by atoms with E-state index in [1.807, 2.05) is 19.9 Å². The molecule has 3 aromatic carbocycles. The zero-order valence-electron chi connectivity index (χ0n) is 21.8. The van der Waals surface area contributed by atoms with Crippen LogP contribution in [0.3, 0.4) is 0 Å². The van der Waals surface area contributed by atoms with Crippen LogP contribution in [0.25, 0.3) is 0 Å². The summed E-state index contributed by atoms with van der Waals surface area (Å²) < 4.78 is 34.5. The van der Waals surface area contributed by atoms with Gasteiger partial charge in [0, 0.05) is 17.1 Å². The van der Waals surface area contributed by atoms with Crippen molar-refractivity contribution in [2.45, 2.75) is 44.3 Å². The highest BCUT2D eigenvalue weighted by Crippen LogP contribution is 2.27. The number of rotatable bonds is 11. The highest BCUT2D eigenvalue weighted by atomic mass is 79.9. The minimum Gasteiger partial charge on any atom is -0.497 e. The number of ether oxygens (including phenoxy) is 1. The van der Waals surface area contributed by atoms with E-state index in [2.05, 4.69) is 21.2 Å². The molecule has 1 unspecified atom stereocenters. The van der Waals surface area contributed by atoms with Gasteiger partial charge in [-0.2, -0.15) is 0 Å². The molecule has 0 saturated carbocycles. The minimum atomic E-state index is -4.10. The van der Waals surface area contributed by atoms with Gasteiger partial charge in [-0.15, -0.1) is 0 Å². The number of halogens is 1. The Morgan fingerprint density at radius 3 is 2.26 bits per heavy atom. The van der Waals surface area contributed by atoms with Crippen LogP contribution in [0, 0.1) is 0 Å². The fraction of sp³-hybridized carbons (Fsp3) is 0.286. The van der Waals surface area contributed by atoms with Crippen LogP contribution < -0.4 is 14.4 Å². The second kappa shape index (κ2) is 12.9. The van der Waals surface area contributed by atoms with Gasteiger partial charge in [-0.05, 0) is 68.8 Å². The number of amides is 2. The average Bonchev–Trinajstić information content (AvgIpc) is 2.90. The number of benzene rings is 3. The van der Waals surface area contributed by atoms with Gasteiger partial charge in [0.2, 0.25) is 11.8 Å². The van der Waals surface area contributed by atoms with Gasteiger partial charge in [-0.25, -0.2) is 8.42 Å². The Bertz CT molecular complexity index is 1370. The number of nitrogens with zero attached hydrogens (tertiary/aromatic N) is 2. The molecular formula is C28H32BrN3O5S. The molecule has 3 aromatic rings. The third kappa shape index (κ3) is 7.35. The van der Waals surface area contributed by atoms with Gasteiger partial charge < -0.3 is 15.0 Å². The molecule has 0 bridgehead atoms. The summed E-state index contributed by atoms with van der Waals surface area (Å²) in [6, 6.07) is 20.9. The molecule has 38 heavy (non-hydrogen) atoms. The lowest BCUT2D eigenvalue weighted by atomic mass is 10.1. The molecule has 8 nitrogen and oxygen atoms in total. The first kappa shape index (κ1) is 29.2. The molecule has 0 aliphatic carbocycles. The summed E-state index contributed by atoms with van der Waals surface area (Å²) in [5.41, 5.74) is 1.05. The minimum absolute atomic E-state index is 0.0534. The Labute approximate surface area is 232 Å². The molecule has 0 saturated heterocycles. The smallest absolute Gasteiger partial charge is 0.264 e. The van der Waals surface area contributed by atoms with Crippen molar-refractivity contribution in [3.05, 3.63) is 88.9 Å². The first-order valence-corrected chi connectivity index (χ1v) is 14.3. The van der Waals surface area contributed by atoms with Crippen LogP contribution in [0.1, 0.15) is 26.3 Å². The van der Waals surface area contributed by atoms with Gasteiger partial charge in [0.15, 0.2) is 0 Å². The van der Waals surface area contributed by atoms with Crippen molar-refractivity contribution in [2.75, 3.05) is 18.0 Å². The molecule has 0 spiro atoms. The summed E-state index contributed by atoms with van der Waals surface area (Å²) in [6.07, 6.45) is 0. The van der Waals surface area contributed by atoms with E-state index in [1.165, 1.54) is 17.0 Å². The van der Waals surface area contributed by atoms with Gasteiger partial charge in [0.1, 0.15) is 18.3 Å². The molecule has 10 heteroatoms. The number of nitrogens with one attached hydrogen (secondary N) is 1. The lowest BCUT2D eigenvalue weighted by molar-refractivity contribution is -0.139. The zero-order chi connectivity index (χ0) is 27.9. The zero-order valence-corrected chi connectivity index (χ0v) is 24.2. The monoisotopic (exact) mass is 601 g/mol. The third-order valence-electron chi connectivity index (χ3n) is 5.79. The maximum absolute atomic E-state index is 13.9. The van der Waals surface area contributed by atoms with Crippen molar-refractivity contribution in [1.82, 2.24) is 10.2 Å². The Kier molecular flexibility index (Phi) is 9.93. The first-order chi connectivity index (χ1) is 18.0. The summed E-state index contributed by atoms with van der Waals surface area (Å²) in [6.45, 7) is 4.88. The highest BCUT2D eigenvalue weighted by Gasteiger charge is 2.32. The van der Waals surface area contributed by atoms with Crippen LogP contribution in [0.4, 0.5) is 5.69 Å². The Hall–Kier alpha value is -3.37. The molecule has 202 valence electrons. The van der Waals surface area contributed by atoms with Gasteiger partial charge in [-0.1, -0.05) is 52.3 Å². The second-order valence-electron chi connectivity index (χ2n) is 9.02. The van der Waals surface area contributed by atoms with Gasteiger partial charge in [0.25, 0.3) is 10.0 Å². The van der Waals surface area contributed by atoms with Crippen molar-refractivity contribution in [3.63, 3.8) is 0 Å². The molecule has 0 radical (unpaired) electrons. The van der Waals surface area contributed by atoms with E-state index in [1.54, 1.807) is 74.7 Å². The fourth-order valence-corrected chi connectivity index (χ4v) is 5.65. The van der Waals surface area contributed by atoms with Gasteiger partial charge >= 0.3 is 0 Å². The lowest BCUT2D eigenvalue weighted by Gasteiger charge is -2.32. The van der Waals surface area contributed by atoms with Crippen LogP contribution in [0.2, 0.25) is 0 Å².